The van der Waals surface area contributed by atoms with E-state index in [0.717, 1.165) is 22.3 Å². The van der Waals surface area contributed by atoms with Crippen molar-refractivity contribution in [3.63, 3.8) is 0 Å². The van der Waals surface area contributed by atoms with Crippen molar-refractivity contribution in [3.8, 4) is 44.5 Å². The van der Waals surface area contributed by atoms with Crippen LogP contribution in [-0.2, 0) is 21.7 Å². The number of para-hydroxylation sites is 2. The minimum Gasteiger partial charge on any atom is -0.307 e. The number of benzene rings is 12. The Morgan fingerprint density at radius 1 is 0.298 bits per heavy atom. The maximum absolute atomic E-state index is 19.6. The van der Waals surface area contributed by atoms with Crippen molar-refractivity contribution < 1.29 is 22.5 Å². The van der Waals surface area contributed by atoms with Gasteiger partial charge in [0, 0.05) is 44.4 Å². The number of nitrogens with zero attached hydrogens (tertiary/aromatic N) is 2. The summed E-state index contributed by atoms with van der Waals surface area (Å²) in [6.45, 7) is 24.8. The van der Waals surface area contributed by atoms with Gasteiger partial charge in [-0.3, -0.25) is 0 Å². The zero-order chi connectivity index (χ0) is 67.7. The Morgan fingerprint density at radius 2 is 0.571 bits per heavy atom. The van der Waals surface area contributed by atoms with Gasteiger partial charge in [0.1, 0.15) is 0 Å². The summed E-state index contributed by atoms with van der Waals surface area (Å²) in [4.78, 5) is 2.99. The van der Waals surface area contributed by atoms with E-state index < -0.39 is 93.7 Å². The highest BCUT2D eigenvalue weighted by atomic mass is 19.1. The van der Waals surface area contributed by atoms with Gasteiger partial charge in [-0.1, -0.05) is 277 Å². The molecule has 4 heteroatoms. The first-order valence-corrected chi connectivity index (χ1v) is 28.7. The molecule has 418 valence electrons. The van der Waals surface area contributed by atoms with Gasteiger partial charge in [0.05, 0.1) is 36.5 Å². The lowest BCUT2D eigenvalue weighted by atomic mass is 9.79. The van der Waals surface area contributed by atoms with Crippen molar-refractivity contribution in [2.45, 2.75) is 105 Å². The fraction of sp³-hybridized carbons (Fsp3) is 0.200. The molecule has 2 nitrogen and oxygen atoms in total. The maximum atomic E-state index is 19.6. The highest BCUT2D eigenvalue weighted by Gasteiger charge is 2.33. The van der Waals surface area contributed by atoms with Gasteiger partial charge in [0.2, 0.25) is 0 Å². The predicted octanol–water partition coefficient (Wildman–Crippen LogP) is 23.7. The summed E-state index contributed by atoms with van der Waals surface area (Å²) in [5, 5.41) is 3.56. The molecule has 12 aromatic carbocycles. The standard InChI is InChI=1S/C80H74F2N2/c1-77(2,3)65-35-23-19-31-55(65)59-45-47-61(57-33-21-25-37-67(57)79(7,8)9)75(73(59)81)83(53-27-15-13-16-28-53)69-49-41-51-40-44-64-70(50-42-52-39-43-63(69)71(51)72(52)64)84(54-29-17-14-18-30-54)76-62(58-34-22-26-38-68(58)80(10,11)12)48-46-60(74(76)82)56-32-20-24-36-66(56)78(4,5)6/h13-50H,1-12H3/i13D,14D,15D,16D,17D,18D,27D,28D,29D,30D. The monoisotopic (exact) mass is 1110 g/mol. The van der Waals surface area contributed by atoms with Gasteiger partial charge in [0.25, 0.3) is 0 Å². The van der Waals surface area contributed by atoms with Crippen LogP contribution >= 0.6 is 0 Å². The lowest BCUT2D eigenvalue weighted by molar-refractivity contribution is 0.589. The molecule has 0 aromatic heterocycles. The van der Waals surface area contributed by atoms with Gasteiger partial charge in [0.15, 0.2) is 11.6 Å². The molecule has 0 saturated heterocycles. The van der Waals surface area contributed by atoms with Crippen molar-refractivity contribution in [3.05, 3.63) is 264 Å². The summed E-state index contributed by atoms with van der Waals surface area (Å²) in [6.07, 6.45) is 0. The molecular weight excluding hydrogens is 1030 g/mol. The second-order valence-electron chi connectivity index (χ2n) is 26.0. The van der Waals surface area contributed by atoms with Crippen molar-refractivity contribution in [2.24, 2.45) is 0 Å². The molecular formula is C80H74F2N2. The van der Waals surface area contributed by atoms with Gasteiger partial charge in [-0.2, -0.15) is 0 Å². The molecule has 0 aliphatic rings. The quantitative estimate of drug-likeness (QED) is 0.126. The van der Waals surface area contributed by atoms with E-state index in [1.54, 1.807) is 24.3 Å². The molecule has 0 spiro atoms. The average molecular weight is 1110 g/mol. The van der Waals surface area contributed by atoms with Crippen LogP contribution in [0, 0.1) is 11.6 Å². The first kappa shape index (κ1) is 44.7. The Bertz CT molecular complexity index is 4690. The smallest absolute Gasteiger partial charge is 0.155 e. The summed E-state index contributed by atoms with van der Waals surface area (Å²) in [5.74, 6) is -1.41. The summed E-state index contributed by atoms with van der Waals surface area (Å²) < 4.78 is 133. The van der Waals surface area contributed by atoms with Gasteiger partial charge < -0.3 is 9.80 Å². The van der Waals surface area contributed by atoms with Crippen LogP contribution in [0.2, 0.25) is 0 Å². The van der Waals surface area contributed by atoms with Crippen LogP contribution in [0.5, 0.6) is 0 Å². The lowest BCUT2D eigenvalue weighted by Gasteiger charge is -2.33. The van der Waals surface area contributed by atoms with Crippen LogP contribution in [0.25, 0.3) is 76.8 Å². The number of hydrogen-bond acceptors (Lipinski definition) is 2. The lowest BCUT2D eigenvalue weighted by Crippen LogP contribution is -2.17. The second-order valence-corrected chi connectivity index (χ2v) is 26.0. The minimum atomic E-state index is -0.704. The molecule has 0 amide bonds. The van der Waals surface area contributed by atoms with Crippen LogP contribution < -0.4 is 9.80 Å². The largest absolute Gasteiger partial charge is 0.307 e. The second kappa shape index (κ2) is 21.1. The van der Waals surface area contributed by atoms with E-state index in [9.17, 15) is 11.0 Å². The zero-order valence-electron chi connectivity index (χ0n) is 59.8. The van der Waals surface area contributed by atoms with Crippen molar-refractivity contribution in [1.82, 2.24) is 0 Å². The van der Waals surface area contributed by atoms with Crippen molar-refractivity contribution >= 4 is 66.4 Å². The molecule has 84 heavy (non-hydrogen) atoms. The Kier molecular flexibility index (Phi) is 11.2. The first-order valence-electron chi connectivity index (χ1n) is 33.7. The molecule has 0 fully saturated rings. The van der Waals surface area contributed by atoms with E-state index in [1.165, 1.54) is 9.80 Å². The van der Waals surface area contributed by atoms with Gasteiger partial charge in [-0.05, 0) is 124 Å². The van der Waals surface area contributed by atoms with E-state index in [1.807, 2.05) is 146 Å². The van der Waals surface area contributed by atoms with Crippen LogP contribution in [-0.4, -0.2) is 0 Å². The highest BCUT2D eigenvalue weighted by molar-refractivity contribution is 6.28. The molecule has 0 bridgehead atoms. The van der Waals surface area contributed by atoms with Gasteiger partial charge in [-0.15, -0.1) is 0 Å². The summed E-state index contributed by atoms with van der Waals surface area (Å²) >= 11 is 0. The Balaban J connectivity index is 1.25. The summed E-state index contributed by atoms with van der Waals surface area (Å²) in [6, 6.07) is 46.8. The number of halogens is 2. The number of rotatable bonds is 10. The Labute approximate surface area is 510 Å². The molecule has 0 aliphatic carbocycles. The molecule has 0 heterocycles. The third-order valence-corrected chi connectivity index (χ3v) is 16.3. The van der Waals surface area contributed by atoms with E-state index in [-0.39, 0.29) is 45.3 Å². The van der Waals surface area contributed by atoms with E-state index in [4.69, 9.17) is 2.74 Å². The highest BCUT2D eigenvalue weighted by Crippen LogP contribution is 2.54. The van der Waals surface area contributed by atoms with E-state index in [2.05, 4.69) is 83.1 Å². The van der Waals surface area contributed by atoms with Gasteiger partial charge >= 0.3 is 0 Å². The fourth-order valence-electron chi connectivity index (χ4n) is 12.5. The normalized spacial score (nSPS) is 14.1. The first-order chi connectivity index (χ1) is 44.2. The van der Waals surface area contributed by atoms with Gasteiger partial charge in [-0.25, -0.2) is 8.78 Å². The van der Waals surface area contributed by atoms with Crippen molar-refractivity contribution in [2.75, 3.05) is 9.80 Å². The zero-order valence-corrected chi connectivity index (χ0v) is 49.8. The van der Waals surface area contributed by atoms with E-state index in [0.29, 0.717) is 65.7 Å². The predicted molar refractivity (Wildman–Crippen MR) is 356 cm³/mol. The third-order valence-electron chi connectivity index (χ3n) is 16.3. The molecule has 12 rings (SSSR count). The number of anilines is 6. The Hall–Kier alpha value is -8.86. The third kappa shape index (κ3) is 9.79. The molecule has 0 aliphatic heterocycles. The molecule has 0 saturated carbocycles. The van der Waals surface area contributed by atoms with Crippen LogP contribution in [0.3, 0.4) is 0 Å². The van der Waals surface area contributed by atoms with Crippen molar-refractivity contribution in [1.29, 1.82) is 0 Å². The summed E-state index contributed by atoms with van der Waals surface area (Å²) in [7, 11) is 0. The molecule has 12 aromatic rings. The molecule has 0 unspecified atom stereocenters. The topological polar surface area (TPSA) is 6.48 Å². The van der Waals surface area contributed by atoms with Crippen LogP contribution in [0.15, 0.2) is 230 Å². The SMILES string of the molecule is [2H]c1c([2H])c([2H])c(N(c2c(-c3ccccc3C(C)(C)C)ccc(-c3ccccc3C(C)(C)C)c2F)c2ccc3ccc4c(N(c5c([2H])c([2H])c([2H])c([2H])c5[2H])c5c(-c6ccccc6C(C)(C)C)ccc(-c6ccccc6C(C)(C)C)c5F)ccc5ccc2c3c54)c([2H])c1[2H]. The summed E-state index contributed by atoms with van der Waals surface area (Å²) in [5.41, 5.74) is 5.18. The maximum Gasteiger partial charge on any atom is 0.155 e. The van der Waals surface area contributed by atoms with E-state index >= 15 is 8.78 Å². The number of hydrogen-bond donors (Lipinski definition) is 0. The molecule has 0 radical (unpaired) electrons. The Morgan fingerprint density at radius 3 is 0.881 bits per heavy atom. The molecule has 0 N–H and O–H groups in total. The van der Waals surface area contributed by atoms with Crippen LogP contribution in [0.4, 0.5) is 42.9 Å². The molecule has 0 atom stereocenters. The van der Waals surface area contributed by atoms with Crippen LogP contribution in [0.1, 0.15) is 119 Å². The average Bonchev–Trinajstić information content (AvgIpc) is 0.713. The minimum absolute atomic E-state index is 0.0639. The fourth-order valence-corrected chi connectivity index (χ4v) is 12.5.